The van der Waals surface area contributed by atoms with Crippen molar-refractivity contribution in [1.82, 2.24) is 10.6 Å². The molecule has 9 heteroatoms. The molecule has 0 aromatic heterocycles. The summed E-state index contributed by atoms with van der Waals surface area (Å²) >= 11 is 6.00. The van der Waals surface area contributed by atoms with E-state index in [-0.39, 0.29) is 36.6 Å². The van der Waals surface area contributed by atoms with Crippen LogP contribution in [0.25, 0.3) is 0 Å². The van der Waals surface area contributed by atoms with Gasteiger partial charge in [0.15, 0.2) is 5.96 Å². The largest absolute Gasteiger partial charge is 0.390 e. The summed E-state index contributed by atoms with van der Waals surface area (Å²) in [5.41, 5.74) is 1.04. The topological polar surface area (TPSA) is 39.7 Å². The number of benzene rings is 1. The van der Waals surface area contributed by atoms with E-state index in [1.807, 2.05) is 24.3 Å². The van der Waals surface area contributed by atoms with Gasteiger partial charge in [0.2, 0.25) is 0 Å². The lowest BCUT2D eigenvalue weighted by Gasteiger charge is -2.20. The molecule has 0 saturated carbocycles. The lowest BCUT2D eigenvalue weighted by atomic mass is 10.2. The molecule has 24 heavy (non-hydrogen) atoms. The molecule has 0 amide bonds. The predicted molar refractivity (Wildman–Crippen MR) is 103 cm³/mol. The van der Waals surface area contributed by atoms with Crippen LogP contribution in [0.15, 0.2) is 29.3 Å². The van der Waals surface area contributed by atoms with Crippen molar-refractivity contribution in [1.29, 1.82) is 0 Å². The standard InChI is InChI=1S/C15H20ClF3N4.HI/c1-20-14(21-7-6-15(17,18)19)22-12-5-8-23(10-12)13-4-2-3-11(16)9-13;/h2-4,9,12H,5-8,10H2,1H3,(H2,20,21,22);1H. The van der Waals surface area contributed by atoms with Gasteiger partial charge in [-0.25, -0.2) is 0 Å². The maximum absolute atomic E-state index is 12.2. The lowest BCUT2D eigenvalue weighted by Crippen LogP contribution is -2.45. The highest BCUT2D eigenvalue weighted by molar-refractivity contribution is 14.0. The van der Waals surface area contributed by atoms with E-state index in [1.165, 1.54) is 0 Å². The first kappa shape index (κ1) is 21.1. The first-order valence-electron chi connectivity index (χ1n) is 7.42. The quantitative estimate of drug-likeness (QED) is 0.396. The Morgan fingerprint density at radius 3 is 2.79 bits per heavy atom. The molecule has 1 aromatic carbocycles. The molecule has 136 valence electrons. The molecule has 2 rings (SSSR count). The van der Waals surface area contributed by atoms with Crippen molar-refractivity contribution in [3.8, 4) is 0 Å². The second-order valence-electron chi connectivity index (χ2n) is 5.42. The number of halogens is 5. The molecule has 1 fully saturated rings. The number of anilines is 1. The van der Waals surface area contributed by atoms with Crippen molar-refractivity contribution in [3.05, 3.63) is 29.3 Å². The van der Waals surface area contributed by atoms with Gasteiger partial charge in [-0.05, 0) is 24.6 Å². The van der Waals surface area contributed by atoms with Crippen molar-refractivity contribution in [3.63, 3.8) is 0 Å². The number of guanidine groups is 1. The Morgan fingerprint density at radius 1 is 1.42 bits per heavy atom. The van der Waals surface area contributed by atoms with Crippen molar-refractivity contribution >= 4 is 47.2 Å². The molecule has 0 spiro atoms. The molecule has 4 nitrogen and oxygen atoms in total. The summed E-state index contributed by atoms with van der Waals surface area (Å²) < 4.78 is 36.5. The van der Waals surface area contributed by atoms with Crippen LogP contribution >= 0.6 is 35.6 Å². The van der Waals surface area contributed by atoms with Gasteiger partial charge in [0.1, 0.15) is 0 Å². The number of nitrogens with zero attached hydrogens (tertiary/aromatic N) is 2. The van der Waals surface area contributed by atoms with Crippen molar-refractivity contribution in [2.24, 2.45) is 4.99 Å². The van der Waals surface area contributed by atoms with E-state index in [4.69, 9.17) is 11.6 Å². The Kier molecular flexibility index (Phi) is 8.41. The Balaban J connectivity index is 0.00000288. The minimum Gasteiger partial charge on any atom is -0.369 e. The maximum atomic E-state index is 12.2. The highest BCUT2D eigenvalue weighted by atomic mass is 127. The number of nitrogens with one attached hydrogen (secondary N) is 2. The third-order valence-corrected chi connectivity index (χ3v) is 3.86. The smallest absolute Gasteiger partial charge is 0.369 e. The fraction of sp³-hybridized carbons (Fsp3) is 0.533. The minimum absolute atomic E-state index is 0. The Bertz CT molecular complexity index is 554. The molecule has 1 heterocycles. The monoisotopic (exact) mass is 476 g/mol. The molecular formula is C15H21ClF3IN4. The second kappa shape index (κ2) is 9.55. The van der Waals surface area contributed by atoms with Crippen LogP contribution in [-0.4, -0.2) is 44.9 Å². The number of alkyl halides is 3. The predicted octanol–water partition coefficient (Wildman–Crippen LogP) is 3.65. The highest BCUT2D eigenvalue weighted by Crippen LogP contribution is 2.23. The molecule has 0 aliphatic carbocycles. The van der Waals surface area contributed by atoms with Gasteiger partial charge in [-0.2, -0.15) is 13.2 Å². The van der Waals surface area contributed by atoms with Crippen LogP contribution in [0, 0.1) is 0 Å². The van der Waals surface area contributed by atoms with Crippen molar-refractivity contribution in [2.75, 3.05) is 31.6 Å². The number of hydrogen-bond donors (Lipinski definition) is 2. The lowest BCUT2D eigenvalue weighted by molar-refractivity contribution is -0.132. The summed E-state index contributed by atoms with van der Waals surface area (Å²) in [6, 6.07) is 7.75. The Morgan fingerprint density at radius 2 is 2.17 bits per heavy atom. The zero-order valence-corrected chi connectivity index (χ0v) is 16.3. The summed E-state index contributed by atoms with van der Waals surface area (Å²) in [6.45, 7) is 1.42. The van der Waals surface area contributed by atoms with E-state index in [2.05, 4.69) is 20.5 Å². The normalized spacial score (nSPS) is 18.3. The van der Waals surface area contributed by atoms with Crippen molar-refractivity contribution < 1.29 is 13.2 Å². The molecule has 0 radical (unpaired) electrons. The molecular weight excluding hydrogens is 456 g/mol. The van der Waals surface area contributed by atoms with Gasteiger partial charge in [-0.3, -0.25) is 4.99 Å². The first-order valence-corrected chi connectivity index (χ1v) is 7.79. The summed E-state index contributed by atoms with van der Waals surface area (Å²) in [4.78, 5) is 6.16. The van der Waals surface area contributed by atoms with E-state index in [0.717, 1.165) is 25.2 Å². The number of rotatable bonds is 4. The average molecular weight is 477 g/mol. The molecule has 1 unspecified atom stereocenters. The van der Waals surface area contributed by atoms with E-state index in [1.54, 1.807) is 7.05 Å². The van der Waals surface area contributed by atoms with Crippen LogP contribution in [-0.2, 0) is 0 Å². The summed E-state index contributed by atoms with van der Waals surface area (Å²) in [7, 11) is 1.55. The van der Waals surface area contributed by atoms with Crippen LogP contribution in [0.2, 0.25) is 5.02 Å². The molecule has 1 saturated heterocycles. The molecule has 2 N–H and O–H groups in total. The van der Waals surface area contributed by atoms with Gasteiger partial charge in [-0.1, -0.05) is 17.7 Å². The molecule has 1 aromatic rings. The third kappa shape index (κ3) is 6.92. The van der Waals surface area contributed by atoms with Crippen molar-refractivity contribution in [2.45, 2.75) is 25.1 Å². The van der Waals surface area contributed by atoms with Gasteiger partial charge < -0.3 is 15.5 Å². The van der Waals surface area contributed by atoms with E-state index >= 15 is 0 Å². The van der Waals surface area contributed by atoms with E-state index < -0.39 is 12.6 Å². The van der Waals surface area contributed by atoms with Crippen LogP contribution in [0.4, 0.5) is 18.9 Å². The van der Waals surface area contributed by atoms with Crippen LogP contribution in [0.5, 0.6) is 0 Å². The van der Waals surface area contributed by atoms with Gasteiger partial charge in [-0.15, -0.1) is 24.0 Å². The maximum Gasteiger partial charge on any atom is 0.390 e. The molecule has 1 aliphatic heterocycles. The highest BCUT2D eigenvalue weighted by Gasteiger charge is 2.27. The Hall–Kier alpha value is -0.900. The summed E-state index contributed by atoms with van der Waals surface area (Å²) in [5.74, 6) is 0.396. The molecule has 1 atom stereocenters. The third-order valence-electron chi connectivity index (χ3n) is 3.63. The fourth-order valence-electron chi connectivity index (χ4n) is 2.50. The van der Waals surface area contributed by atoms with Crippen LogP contribution in [0.1, 0.15) is 12.8 Å². The second-order valence-corrected chi connectivity index (χ2v) is 5.86. The Labute approximate surface area is 161 Å². The van der Waals surface area contributed by atoms with Gasteiger partial charge in [0.05, 0.1) is 6.42 Å². The SMILES string of the molecule is CN=C(NCCC(F)(F)F)NC1CCN(c2cccc(Cl)c2)C1.I. The number of hydrogen-bond acceptors (Lipinski definition) is 2. The summed E-state index contributed by atoms with van der Waals surface area (Å²) in [6.07, 6.45) is -4.16. The van der Waals surface area contributed by atoms with Crippen LogP contribution < -0.4 is 15.5 Å². The van der Waals surface area contributed by atoms with Gasteiger partial charge in [0.25, 0.3) is 0 Å². The average Bonchev–Trinajstić information content (AvgIpc) is 2.93. The molecule has 1 aliphatic rings. The van der Waals surface area contributed by atoms with E-state index in [0.29, 0.717) is 11.0 Å². The zero-order chi connectivity index (χ0) is 16.9. The molecule has 0 bridgehead atoms. The van der Waals surface area contributed by atoms with Gasteiger partial charge in [0, 0.05) is 43.4 Å². The van der Waals surface area contributed by atoms with Gasteiger partial charge >= 0.3 is 6.18 Å². The zero-order valence-electron chi connectivity index (χ0n) is 13.2. The van der Waals surface area contributed by atoms with E-state index in [9.17, 15) is 13.2 Å². The first-order chi connectivity index (χ1) is 10.9. The summed E-state index contributed by atoms with van der Waals surface area (Å²) in [5, 5.41) is 6.54. The minimum atomic E-state index is -4.16. The number of aliphatic imine (C=N–C) groups is 1. The van der Waals surface area contributed by atoms with Crippen LogP contribution in [0.3, 0.4) is 0 Å². The fourth-order valence-corrected chi connectivity index (χ4v) is 2.68.